The van der Waals surface area contributed by atoms with Gasteiger partial charge in [-0.15, -0.1) is 5.10 Å². The number of carbonyl (C=O) groups excluding carboxylic acids is 1. The van der Waals surface area contributed by atoms with E-state index in [4.69, 9.17) is 0 Å². The summed E-state index contributed by atoms with van der Waals surface area (Å²) in [6, 6.07) is 17.0. The molecule has 3 N–H and O–H groups in total. The number of nitrogens with zero attached hydrogens (tertiary/aromatic N) is 6. The first kappa shape index (κ1) is 26.6. The largest absolute Gasteiger partial charge is 0.369 e. The van der Waals surface area contributed by atoms with Crippen LogP contribution in [-0.4, -0.2) is 62.3 Å². The number of amides is 1. The van der Waals surface area contributed by atoms with Gasteiger partial charge >= 0.3 is 0 Å². The quantitative estimate of drug-likeness (QED) is 0.289. The minimum Gasteiger partial charge on any atom is -0.369 e. The average Bonchev–Trinajstić information content (AvgIpc) is 3.65. The Bertz CT molecular complexity index is 1690. The summed E-state index contributed by atoms with van der Waals surface area (Å²) in [6.07, 6.45) is 3.56. The normalized spacial score (nSPS) is 14.0. The van der Waals surface area contributed by atoms with Crippen molar-refractivity contribution in [2.24, 2.45) is 0 Å². The second kappa shape index (κ2) is 10.8. The van der Waals surface area contributed by atoms with Gasteiger partial charge in [-0.1, -0.05) is 29.5 Å². The highest BCUT2D eigenvalue weighted by atomic mass is 16.2. The Morgan fingerprint density at radius 3 is 2.46 bits per heavy atom. The standard InChI is InChI=1S/C31H35N9O/c1-20-15-22(5-6-23(20)17-34-30(41)27-19-40(38-35-27)31(2,3)4)28-26-16-24(18-33-29(26)37-36-28)21-7-9-25(10-8-21)39-13-11-32-12-14-39/h5-10,15-16,18-19,32H,11-14,17H2,1-4H3,(H,34,41)(H,33,36,37). The van der Waals surface area contributed by atoms with Gasteiger partial charge in [0.05, 0.1) is 17.4 Å². The third-order valence-corrected chi connectivity index (χ3v) is 7.58. The molecule has 1 aliphatic rings. The lowest BCUT2D eigenvalue weighted by molar-refractivity contribution is 0.0945. The summed E-state index contributed by atoms with van der Waals surface area (Å²) in [6.45, 7) is 12.6. The van der Waals surface area contributed by atoms with Gasteiger partial charge in [-0.2, -0.15) is 5.10 Å². The first-order chi connectivity index (χ1) is 19.8. The molecule has 0 aliphatic carbocycles. The lowest BCUT2D eigenvalue weighted by atomic mass is 10.0. The number of H-pyrrole nitrogens is 1. The number of piperazine rings is 1. The number of hydrogen-bond donors (Lipinski definition) is 3. The molecule has 210 valence electrons. The minimum absolute atomic E-state index is 0.235. The van der Waals surface area contributed by atoms with Gasteiger partial charge in [-0.05, 0) is 68.7 Å². The molecule has 0 radical (unpaired) electrons. The van der Waals surface area contributed by atoms with Crippen molar-refractivity contribution in [1.82, 2.24) is 40.8 Å². The van der Waals surface area contributed by atoms with E-state index >= 15 is 0 Å². The first-order valence-corrected chi connectivity index (χ1v) is 14.0. The minimum atomic E-state index is -0.247. The predicted molar refractivity (Wildman–Crippen MR) is 161 cm³/mol. The van der Waals surface area contributed by atoms with Crippen molar-refractivity contribution in [3.63, 3.8) is 0 Å². The Morgan fingerprint density at radius 2 is 1.76 bits per heavy atom. The maximum atomic E-state index is 12.7. The number of pyridine rings is 1. The van der Waals surface area contributed by atoms with Crippen molar-refractivity contribution in [3.8, 4) is 22.4 Å². The first-order valence-electron chi connectivity index (χ1n) is 14.0. The number of aryl methyl sites for hydroxylation is 1. The molecular formula is C31H35N9O. The van der Waals surface area contributed by atoms with Crippen LogP contribution in [0.15, 0.2) is 60.9 Å². The fourth-order valence-electron chi connectivity index (χ4n) is 5.08. The summed E-state index contributed by atoms with van der Waals surface area (Å²) in [4.78, 5) is 19.7. The van der Waals surface area contributed by atoms with Crippen LogP contribution in [0.25, 0.3) is 33.4 Å². The molecule has 1 fully saturated rings. The molecule has 6 rings (SSSR count). The Morgan fingerprint density at radius 1 is 1.00 bits per heavy atom. The van der Waals surface area contributed by atoms with E-state index in [1.54, 1.807) is 10.9 Å². The molecule has 0 unspecified atom stereocenters. The van der Waals surface area contributed by atoms with Crippen LogP contribution in [0.2, 0.25) is 0 Å². The van der Waals surface area contributed by atoms with Crippen LogP contribution in [0.1, 0.15) is 42.4 Å². The SMILES string of the molecule is Cc1cc(-c2[nH]nc3ncc(-c4ccc(N5CCNCC5)cc4)cc23)ccc1CNC(=O)c1cn(C(C)(C)C)nn1. The van der Waals surface area contributed by atoms with E-state index in [0.717, 1.165) is 65.1 Å². The zero-order chi connectivity index (χ0) is 28.6. The molecule has 0 saturated carbocycles. The van der Waals surface area contributed by atoms with E-state index in [1.165, 1.54) is 5.69 Å². The number of anilines is 1. The number of aromatic amines is 1. The third kappa shape index (κ3) is 5.55. The molecule has 41 heavy (non-hydrogen) atoms. The molecule has 3 aromatic heterocycles. The fraction of sp³-hybridized carbons (Fsp3) is 0.323. The number of aromatic nitrogens is 6. The monoisotopic (exact) mass is 549 g/mol. The van der Waals surface area contributed by atoms with E-state index in [9.17, 15) is 4.79 Å². The maximum Gasteiger partial charge on any atom is 0.273 e. The Kier molecular flexibility index (Phi) is 7.00. The molecule has 1 amide bonds. The smallest absolute Gasteiger partial charge is 0.273 e. The second-order valence-electron chi connectivity index (χ2n) is 11.5. The molecule has 0 spiro atoms. The Balaban J connectivity index is 1.18. The summed E-state index contributed by atoms with van der Waals surface area (Å²) in [5, 5.41) is 23.1. The van der Waals surface area contributed by atoms with Crippen LogP contribution in [0.5, 0.6) is 0 Å². The van der Waals surface area contributed by atoms with Gasteiger partial charge in [-0.25, -0.2) is 9.67 Å². The maximum absolute atomic E-state index is 12.7. The molecule has 0 atom stereocenters. The average molecular weight is 550 g/mol. The highest BCUT2D eigenvalue weighted by molar-refractivity contribution is 5.94. The van der Waals surface area contributed by atoms with Crippen molar-refractivity contribution < 1.29 is 4.79 Å². The molecule has 2 aromatic carbocycles. The van der Waals surface area contributed by atoms with E-state index in [0.29, 0.717) is 17.9 Å². The zero-order valence-corrected chi connectivity index (χ0v) is 23.9. The highest BCUT2D eigenvalue weighted by Crippen LogP contribution is 2.31. The summed E-state index contributed by atoms with van der Waals surface area (Å²) in [5.41, 5.74) is 8.19. The molecule has 4 heterocycles. The lowest BCUT2D eigenvalue weighted by Gasteiger charge is -2.29. The van der Waals surface area contributed by atoms with Crippen LogP contribution in [0.4, 0.5) is 5.69 Å². The van der Waals surface area contributed by atoms with Crippen molar-refractivity contribution in [3.05, 3.63) is 77.7 Å². The third-order valence-electron chi connectivity index (χ3n) is 7.58. The molecule has 1 saturated heterocycles. The van der Waals surface area contributed by atoms with Crippen LogP contribution in [-0.2, 0) is 12.1 Å². The van der Waals surface area contributed by atoms with Gasteiger partial charge in [-0.3, -0.25) is 9.89 Å². The lowest BCUT2D eigenvalue weighted by Crippen LogP contribution is -2.43. The van der Waals surface area contributed by atoms with Crippen LogP contribution in [0.3, 0.4) is 0 Å². The number of fused-ring (bicyclic) bond motifs is 1. The fourth-order valence-corrected chi connectivity index (χ4v) is 5.08. The second-order valence-corrected chi connectivity index (χ2v) is 11.5. The van der Waals surface area contributed by atoms with Crippen molar-refractivity contribution in [2.45, 2.75) is 39.8 Å². The van der Waals surface area contributed by atoms with Gasteiger partial charge < -0.3 is 15.5 Å². The molecule has 0 bridgehead atoms. The summed E-state index contributed by atoms with van der Waals surface area (Å²) in [7, 11) is 0. The summed E-state index contributed by atoms with van der Waals surface area (Å²) >= 11 is 0. The molecule has 10 heteroatoms. The number of carbonyl (C=O) groups is 1. The number of benzene rings is 2. The van der Waals surface area contributed by atoms with Crippen LogP contribution < -0.4 is 15.5 Å². The topological polar surface area (TPSA) is 117 Å². The van der Waals surface area contributed by atoms with Gasteiger partial charge in [0, 0.05) is 61.1 Å². The van der Waals surface area contributed by atoms with Crippen LogP contribution >= 0.6 is 0 Å². The van der Waals surface area contributed by atoms with Gasteiger partial charge in [0.25, 0.3) is 5.91 Å². The molecule has 10 nitrogen and oxygen atoms in total. The number of hydrogen-bond acceptors (Lipinski definition) is 7. The van der Waals surface area contributed by atoms with Gasteiger partial charge in [0.2, 0.25) is 0 Å². The number of nitrogens with one attached hydrogen (secondary N) is 3. The molecule has 1 aliphatic heterocycles. The molecular weight excluding hydrogens is 514 g/mol. The summed E-state index contributed by atoms with van der Waals surface area (Å²) in [5.74, 6) is -0.247. The van der Waals surface area contributed by atoms with Crippen molar-refractivity contribution in [1.29, 1.82) is 0 Å². The predicted octanol–water partition coefficient (Wildman–Crippen LogP) is 4.29. The highest BCUT2D eigenvalue weighted by Gasteiger charge is 2.19. The zero-order valence-electron chi connectivity index (χ0n) is 23.9. The van der Waals surface area contributed by atoms with Crippen LogP contribution in [0, 0.1) is 6.92 Å². The number of rotatable bonds is 6. The Labute approximate surface area is 239 Å². The van der Waals surface area contributed by atoms with Gasteiger partial charge in [0.1, 0.15) is 0 Å². The summed E-state index contributed by atoms with van der Waals surface area (Å²) < 4.78 is 1.69. The van der Waals surface area contributed by atoms with E-state index < -0.39 is 0 Å². The van der Waals surface area contributed by atoms with E-state index in [1.807, 2.05) is 46.0 Å². The van der Waals surface area contributed by atoms with Crippen molar-refractivity contribution >= 4 is 22.6 Å². The van der Waals surface area contributed by atoms with Gasteiger partial charge in [0.15, 0.2) is 11.3 Å². The molecule has 5 aromatic rings. The van der Waals surface area contributed by atoms with E-state index in [2.05, 4.69) is 77.4 Å². The van der Waals surface area contributed by atoms with E-state index in [-0.39, 0.29) is 11.4 Å². The Hall–Kier alpha value is -4.57. The van der Waals surface area contributed by atoms with Crippen molar-refractivity contribution in [2.75, 3.05) is 31.1 Å².